The zero-order chi connectivity index (χ0) is 24.2. The summed E-state index contributed by atoms with van der Waals surface area (Å²) in [6, 6.07) is 21.2. The lowest BCUT2D eigenvalue weighted by atomic mass is 10.0. The van der Waals surface area contributed by atoms with Gasteiger partial charge in [0.25, 0.3) is 0 Å². The summed E-state index contributed by atoms with van der Waals surface area (Å²) in [6.45, 7) is 1.80. The number of aromatic nitrogens is 1. The second-order valence-corrected chi connectivity index (χ2v) is 9.48. The Kier molecular flexibility index (Phi) is 7.69. The fourth-order valence-electron chi connectivity index (χ4n) is 3.42. The number of pyridine rings is 1. The SMILES string of the molecule is CCOC(=O)c1c(-c2ccccc2Cl)[nH]c(-c2ccccc2Cl)c(Sc2ccc(Cl)cc2)c1=O. The average Bonchev–Trinajstić information content (AvgIpc) is 2.82. The highest BCUT2D eigenvalue weighted by Gasteiger charge is 2.27. The Labute approximate surface area is 215 Å². The second-order valence-electron chi connectivity index (χ2n) is 7.14. The Morgan fingerprint density at radius 1 is 0.853 bits per heavy atom. The van der Waals surface area contributed by atoms with Gasteiger partial charge in [-0.05, 0) is 43.3 Å². The molecule has 0 unspecified atom stereocenters. The third-order valence-electron chi connectivity index (χ3n) is 4.96. The van der Waals surface area contributed by atoms with E-state index in [2.05, 4.69) is 4.98 Å². The molecule has 34 heavy (non-hydrogen) atoms. The summed E-state index contributed by atoms with van der Waals surface area (Å²) in [7, 11) is 0. The number of halogens is 3. The number of carbonyl (C=O) groups is 1. The summed E-state index contributed by atoms with van der Waals surface area (Å²) in [5, 5.41) is 1.41. The van der Waals surface area contributed by atoms with Crippen molar-refractivity contribution in [1.82, 2.24) is 4.98 Å². The minimum Gasteiger partial charge on any atom is -0.462 e. The molecule has 4 aromatic rings. The summed E-state index contributed by atoms with van der Waals surface area (Å²) < 4.78 is 5.25. The summed E-state index contributed by atoms with van der Waals surface area (Å²) in [4.78, 5) is 31.3. The molecule has 1 N–H and O–H groups in total. The van der Waals surface area contributed by atoms with Crippen LogP contribution in [0.4, 0.5) is 0 Å². The van der Waals surface area contributed by atoms with Crippen LogP contribution in [0.1, 0.15) is 17.3 Å². The van der Waals surface area contributed by atoms with Gasteiger partial charge in [-0.15, -0.1) is 0 Å². The largest absolute Gasteiger partial charge is 0.462 e. The van der Waals surface area contributed by atoms with Crippen molar-refractivity contribution >= 4 is 52.5 Å². The second kappa shape index (κ2) is 10.7. The number of hydrogen-bond acceptors (Lipinski definition) is 4. The maximum absolute atomic E-state index is 13.9. The third kappa shape index (κ3) is 5.03. The summed E-state index contributed by atoms with van der Waals surface area (Å²) in [5.41, 5.74) is 1.24. The standard InChI is InChI=1S/C26H18Cl3NO3S/c1-2-33-26(32)21-22(17-7-3-5-9-19(17)28)30-23(18-8-4-6-10-20(18)29)25(24(21)31)34-16-13-11-15(27)12-14-16/h3-14H,2H2,1H3,(H,30,31). The van der Waals surface area contributed by atoms with E-state index in [1.165, 1.54) is 11.8 Å². The van der Waals surface area contributed by atoms with Crippen LogP contribution in [0, 0.1) is 0 Å². The van der Waals surface area contributed by atoms with Gasteiger partial charge in [0.1, 0.15) is 5.56 Å². The molecule has 0 saturated heterocycles. The van der Waals surface area contributed by atoms with Gasteiger partial charge in [0.15, 0.2) is 0 Å². The molecule has 1 heterocycles. The fourth-order valence-corrected chi connectivity index (χ4v) is 4.97. The Bertz CT molecular complexity index is 1420. The Balaban J connectivity index is 2.06. The molecule has 0 bridgehead atoms. The molecule has 1 aromatic heterocycles. The van der Waals surface area contributed by atoms with Crippen molar-refractivity contribution in [2.75, 3.05) is 6.61 Å². The van der Waals surface area contributed by atoms with Crippen molar-refractivity contribution in [3.8, 4) is 22.5 Å². The predicted molar refractivity (Wildman–Crippen MR) is 139 cm³/mol. The smallest absolute Gasteiger partial charge is 0.344 e. The molecule has 3 aromatic carbocycles. The van der Waals surface area contributed by atoms with Gasteiger partial charge >= 0.3 is 5.97 Å². The lowest BCUT2D eigenvalue weighted by molar-refractivity contribution is 0.0525. The van der Waals surface area contributed by atoms with Crippen LogP contribution in [0.5, 0.6) is 0 Å². The van der Waals surface area contributed by atoms with Crippen LogP contribution >= 0.6 is 46.6 Å². The van der Waals surface area contributed by atoms with Crippen molar-refractivity contribution in [2.45, 2.75) is 16.7 Å². The van der Waals surface area contributed by atoms with Crippen LogP contribution in [-0.2, 0) is 4.74 Å². The molecule has 0 radical (unpaired) electrons. The minimum absolute atomic E-state index is 0.117. The number of carbonyl (C=O) groups excluding carboxylic acids is 1. The van der Waals surface area contributed by atoms with E-state index in [0.717, 1.165) is 4.90 Å². The van der Waals surface area contributed by atoms with Gasteiger partial charge in [-0.25, -0.2) is 4.79 Å². The minimum atomic E-state index is -0.734. The van der Waals surface area contributed by atoms with E-state index in [1.807, 2.05) is 6.07 Å². The molecule has 172 valence electrons. The van der Waals surface area contributed by atoms with Crippen molar-refractivity contribution in [1.29, 1.82) is 0 Å². The molecule has 8 heteroatoms. The number of hydrogen-bond donors (Lipinski definition) is 1. The molecule has 0 spiro atoms. The molecule has 0 fully saturated rings. The van der Waals surface area contributed by atoms with Crippen LogP contribution in [0.2, 0.25) is 15.1 Å². The van der Waals surface area contributed by atoms with Crippen molar-refractivity contribution in [3.05, 3.63) is 104 Å². The molecular weight excluding hydrogens is 513 g/mol. The van der Waals surface area contributed by atoms with E-state index in [4.69, 9.17) is 39.5 Å². The first-order valence-electron chi connectivity index (χ1n) is 10.3. The molecule has 0 atom stereocenters. The third-order valence-corrected chi connectivity index (χ3v) is 6.97. The van der Waals surface area contributed by atoms with Crippen LogP contribution in [0.15, 0.2) is 87.4 Å². The lowest BCUT2D eigenvalue weighted by Crippen LogP contribution is -2.22. The molecule has 0 aliphatic carbocycles. The maximum Gasteiger partial charge on any atom is 0.344 e. The summed E-state index contributed by atoms with van der Waals surface area (Å²) in [5.74, 6) is -0.734. The number of aromatic amines is 1. The van der Waals surface area contributed by atoms with Gasteiger partial charge in [0.2, 0.25) is 5.43 Å². The van der Waals surface area contributed by atoms with Gasteiger partial charge in [-0.1, -0.05) is 83.0 Å². The summed E-state index contributed by atoms with van der Waals surface area (Å²) in [6.07, 6.45) is 0. The van der Waals surface area contributed by atoms with E-state index in [1.54, 1.807) is 73.7 Å². The molecule has 0 aliphatic heterocycles. The van der Waals surface area contributed by atoms with Gasteiger partial charge in [-0.3, -0.25) is 4.79 Å². The number of esters is 1. The lowest BCUT2D eigenvalue weighted by Gasteiger charge is -2.17. The number of benzene rings is 3. The first-order valence-corrected chi connectivity index (χ1v) is 12.3. The highest BCUT2D eigenvalue weighted by molar-refractivity contribution is 7.99. The molecule has 0 amide bonds. The van der Waals surface area contributed by atoms with Crippen LogP contribution in [0.25, 0.3) is 22.5 Å². The van der Waals surface area contributed by atoms with Gasteiger partial charge < -0.3 is 9.72 Å². The first kappa shape index (κ1) is 24.4. The zero-order valence-electron chi connectivity index (χ0n) is 17.9. The quantitative estimate of drug-likeness (QED) is 0.257. The number of rotatable bonds is 6. The van der Waals surface area contributed by atoms with Crippen molar-refractivity contribution in [3.63, 3.8) is 0 Å². The number of H-pyrrole nitrogens is 1. The Morgan fingerprint density at radius 2 is 1.41 bits per heavy atom. The van der Waals surface area contributed by atoms with Crippen LogP contribution < -0.4 is 5.43 Å². The molecule has 0 saturated carbocycles. The fraction of sp³-hybridized carbons (Fsp3) is 0.0769. The van der Waals surface area contributed by atoms with E-state index in [-0.39, 0.29) is 17.9 Å². The Hall–Kier alpha value is -2.70. The van der Waals surface area contributed by atoms with E-state index in [9.17, 15) is 9.59 Å². The van der Waals surface area contributed by atoms with Gasteiger partial charge in [0.05, 0.1) is 22.9 Å². The molecule has 4 rings (SSSR count). The molecule has 4 nitrogen and oxygen atoms in total. The average molecular weight is 531 g/mol. The monoisotopic (exact) mass is 529 g/mol. The number of nitrogens with one attached hydrogen (secondary N) is 1. The highest BCUT2D eigenvalue weighted by Crippen LogP contribution is 2.39. The van der Waals surface area contributed by atoms with Gasteiger partial charge in [0, 0.05) is 31.1 Å². The summed E-state index contributed by atoms with van der Waals surface area (Å²) >= 11 is 20.2. The highest BCUT2D eigenvalue weighted by atomic mass is 35.5. The van der Waals surface area contributed by atoms with E-state index in [0.29, 0.717) is 36.8 Å². The molecular formula is C26H18Cl3NO3S. The van der Waals surface area contributed by atoms with Crippen molar-refractivity contribution < 1.29 is 9.53 Å². The first-order chi connectivity index (χ1) is 16.4. The van der Waals surface area contributed by atoms with E-state index < -0.39 is 11.4 Å². The zero-order valence-corrected chi connectivity index (χ0v) is 21.0. The van der Waals surface area contributed by atoms with Crippen molar-refractivity contribution in [2.24, 2.45) is 0 Å². The topological polar surface area (TPSA) is 59.2 Å². The predicted octanol–water partition coefficient (Wildman–Crippen LogP) is 8.00. The van der Waals surface area contributed by atoms with Crippen LogP contribution in [-0.4, -0.2) is 17.6 Å². The van der Waals surface area contributed by atoms with Crippen LogP contribution in [0.3, 0.4) is 0 Å². The maximum atomic E-state index is 13.9. The Morgan fingerprint density at radius 3 is 1.97 bits per heavy atom. The molecule has 0 aliphatic rings. The van der Waals surface area contributed by atoms with E-state index >= 15 is 0 Å². The normalized spacial score (nSPS) is 10.8. The number of ether oxygens (including phenoxy) is 1. The van der Waals surface area contributed by atoms with Gasteiger partial charge in [-0.2, -0.15) is 0 Å².